The molecule has 0 unspecified atom stereocenters. The van der Waals surface area contributed by atoms with Gasteiger partial charge in [-0.2, -0.15) is 0 Å². The smallest absolute Gasteiger partial charge is 0.0540 e. The third-order valence-corrected chi connectivity index (χ3v) is 3.93. The molecule has 2 aromatic carbocycles. The lowest BCUT2D eigenvalue weighted by molar-refractivity contribution is 0.318. The van der Waals surface area contributed by atoms with Crippen LogP contribution in [0.2, 0.25) is 0 Å². The van der Waals surface area contributed by atoms with Gasteiger partial charge in [0.1, 0.15) is 0 Å². The highest BCUT2D eigenvalue weighted by molar-refractivity contribution is 6.05. The number of aliphatic hydroxyl groups is 1. The second kappa shape index (κ2) is 10.4. The number of allylic oxidation sites excluding steroid dienone is 5. The summed E-state index contributed by atoms with van der Waals surface area (Å²) < 4.78 is 0. The predicted molar refractivity (Wildman–Crippen MR) is 118 cm³/mol. The second-order valence-corrected chi connectivity index (χ2v) is 5.96. The van der Waals surface area contributed by atoms with E-state index >= 15 is 0 Å². The fraction of sp³-hybridized carbons (Fsp3) is 0.136. The Morgan fingerprint density at radius 2 is 1.44 bits per heavy atom. The molecule has 0 fully saturated rings. The summed E-state index contributed by atoms with van der Waals surface area (Å²) in [5.41, 5.74) is 19.2. The topological polar surface area (TPSA) is 96.1 Å². The summed E-state index contributed by atoms with van der Waals surface area (Å²) in [6.45, 7) is 3.94. The molecule has 0 atom stereocenters. The number of aryl methyl sites for hydroxylation is 1. The van der Waals surface area contributed by atoms with Crippen molar-refractivity contribution >= 4 is 35.1 Å². The van der Waals surface area contributed by atoms with Gasteiger partial charge < -0.3 is 22.0 Å². The Kier molecular flexibility index (Phi) is 8.52. The van der Waals surface area contributed by atoms with Crippen molar-refractivity contribution in [3.63, 3.8) is 0 Å². The van der Waals surface area contributed by atoms with Crippen molar-refractivity contribution in [3.8, 4) is 0 Å². The number of nitrogens with one attached hydrogen (secondary N) is 1. The van der Waals surface area contributed by atoms with Crippen molar-refractivity contribution in [1.29, 1.82) is 5.41 Å². The number of rotatable bonds is 2. The summed E-state index contributed by atoms with van der Waals surface area (Å²) >= 11 is 0. The zero-order valence-electron chi connectivity index (χ0n) is 15.6. The fourth-order valence-corrected chi connectivity index (χ4v) is 2.62. The number of hydrogen-bond acceptors (Lipinski definition) is 4. The molecule has 0 bridgehead atoms. The van der Waals surface area contributed by atoms with E-state index in [1.807, 2.05) is 55.5 Å². The number of nitrogens with two attached hydrogens (primary N) is 2. The zero-order valence-corrected chi connectivity index (χ0v) is 16.4. The van der Waals surface area contributed by atoms with Crippen LogP contribution >= 0.6 is 12.4 Å². The zero-order chi connectivity index (χ0) is 19.1. The van der Waals surface area contributed by atoms with Gasteiger partial charge in [0.2, 0.25) is 0 Å². The van der Waals surface area contributed by atoms with Crippen molar-refractivity contribution in [2.24, 2.45) is 0 Å². The van der Waals surface area contributed by atoms with Gasteiger partial charge in [0.25, 0.3) is 0 Å². The van der Waals surface area contributed by atoms with E-state index < -0.39 is 0 Å². The van der Waals surface area contributed by atoms with Gasteiger partial charge in [0.05, 0.1) is 5.71 Å². The van der Waals surface area contributed by atoms with E-state index in [4.69, 9.17) is 22.0 Å². The average Bonchev–Trinajstić information content (AvgIpc) is 2.62. The molecule has 0 heterocycles. The summed E-state index contributed by atoms with van der Waals surface area (Å²) in [5, 5.41) is 15.3. The second-order valence-electron chi connectivity index (χ2n) is 5.96. The van der Waals surface area contributed by atoms with Crippen LogP contribution in [0.1, 0.15) is 23.6 Å². The van der Waals surface area contributed by atoms with E-state index in [1.54, 1.807) is 19.1 Å². The fourth-order valence-electron chi connectivity index (χ4n) is 2.62. The van der Waals surface area contributed by atoms with Crippen LogP contribution in [0.15, 0.2) is 72.3 Å². The molecule has 2 aromatic rings. The summed E-state index contributed by atoms with van der Waals surface area (Å²) in [5.74, 6) is 0. The Bertz CT molecular complexity index is 863. The Morgan fingerprint density at radius 1 is 0.926 bits per heavy atom. The van der Waals surface area contributed by atoms with Gasteiger partial charge in [-0.1, -0.05) is 30.4 Å². The molecule has 0 radical (unpaired) electrons. The van der Waals surface area contributed by atoms with Gasteiger partial charge in [-0.25, -0.2) is 0 Å². The maximum absolute atomic E-state index is 7.69. The molecule has 27 heavy (non-hydrogen) atoms. The lowest BCUT2D eigenvalue weighted by Crippen LogP contribution is -1.99. The van der Waals surface area contributed by atoms with Crippen molar-refractivity contribution in [2.75, 3.05) is 18.1 Å². The van der Waals surface area contributed by atoms with Gasteiger partial charge in [-0.3, -0.25) is 0 Å². The maximum atomic E-state index is 7.69. The lowest BCUT2D eigenvalue weighted by atomic mass is 9.90. The van der Waals surface area contributed by atoms with Crippen LogP contribution < -0.4 is 11.5 Å². The first-order valence-corrected chi connectivity index (χ1v) is 8.48. The van der Waals surface area contributed by atoms with E-state index in [-0.39, 0.29) is 19.0 Å². The normalized spacial score (nSPS) is 12.1. The molecule has 0 saturated heterocycles. The minimum absolute atomic E-state index is 0. The van der Waals surface area contributed by atoms with Gasteiger partial charge in [-0.15, -0.1) is 12.4 Å². The lowest BCUT2D eigenvalue weighted by Gasteiger charge is -2.15. The first-order chi connectivity index (χ1) is 12.5. The molecule has 0 aliphatic heterocycles. The molecule has 6 N–H and O–H groups in total. The summed E-state index contributed by atoms with van der Waals surface area (Å²) in [7, 11) is 0. The first kappa shape index (κ1) is 22.2. The summed E-state index contributed by atoms with van der Waals surface area (Å²) in [4.78, 5) is 0. The molecule has 0 amide bonds. The minimum Gasteiger partial charge on any atom is -0.399 e. The number of benzene rings is 2. The Labute approximate surface area is 166 Å². The van der Waals surface area contributed by atoms with E-state index in [9.17, 15) is 0 Å². The minimum atomic E-state index is 0. The molecule has 3 rings (SSSR count). The van der Waals surface area contributed by atoms with Crippen LogP contribution in [0.4, 0.5) is 11.4 Å². The highest BCUT2D eigenvalue weighted by atomic mass is 35.5. The van der Waals surface area contributed by atoms with E-state index in [1.165, 1.54) is 0 Å². The van der Waals surface area contributed by atoms with Gasteiger partial charge >= 0.3 is 0 Å². The number of nitrogen functional groups attached to an aromatic ring is 2. The van der Waals surface area contributed by atoms with Gasteiger partial charge in [0, 0.05) is 18.0 Å². The van der Waals surface area contributed by atoms with Crippen molar-refractivity contribution in [3.05, 3.63) is 89.0 Å². The number of hydrogen-bond donors (Lipinski definition) is 4. The molecule has 0 aromatic heterocycles. The average molecular weight is 384 g/mol. The Hall–Kier alpha value is -2.82. The van der Waals surface area contributed by atoms with Crippen LogP contribution in [0.3, 0.4) is 0 Å². The monoisotopic (exact) mass is 383 g/mol. The van der Waals surface area contributed by atoms with Gasteiger partial charge in [0.15, 0.2) is 0 Å². The highest BCUT2D eigenvalue weighted by Gasteiger charge is 2.12. The molecule has 0 spiro atoms. The van der Waals surface area contributed by atoms with Crippen molar-refractivity contribution in [1.82, 2.24) is 0 Å². The SMILES string of the molecule is CCO.Cc1cc(C(=C2C=CC(=N)C=C2)c2ccc(N)cc2)ccc1N.Cl. The Balaban J connectivity index is 0.000000855. The first-order valence-electron chi connectivity index (χ1n) is 8.48. The van der Waals surface area contributed by atoms with Crippen LogP contribution in [0.25, 0.3) is 5.57 Å². The molecule has 1 aliphatic rings. The quantitative estimate of drug-likeness (QED) is 0.573. The van der Waals surface area contributed by atoms with Crippen LogP contribution in [-0.2, 0) is 0 Å². The molecule has 5 heteroatoms. The largest absolute Gasteiger partial charge is 0.399 e. The number of aliphatic hydroxyl groups excluding tert-OH is 1. The third-order valence-electron chi connectivity index (χ3n) is 3.93. The number of halogens is 1. The maximum Gasteiger partial charge on any atom is 0.0540 e. The van der Waals surface area contributed by atoms with E-state index in [2.05, 4.69) is 6.07 Å². The van der Waals surface area contributed by atoms with Crippen molar-refractivity contribution < 1.29 is 5.11 Å². The molecule has 4 nitrogen and oxygen atoms in total. The third kappa shape index (κ3) is 5.84. The van der Waals surface area contributed by atoms with Crippen LogP contribution in [0, 0.1) is 12.3 Å². The predicted octanol–water partition coefficient (Wildman–Crippen LogP) is 4.53. The molecular weight excluding hydrogens is 358 g/mol. The molecule has 142 valence electrons. The molecule has 1 aliphatic carbocycles. The standard InChI is InChI=1S/C20H19N3.C2H6O.ClH/c1-13-12-16(6-11-19(13)23)20(14-2-7-17(21)8-3-14)15-4-9-18(22)10-5-15;1-2-3;/h2-12,21H,22-23H2,1H3;3H,2H2,1H3;1H. The summed E-state index contributed by atoms with van der Waals surface area (Å²) in [6.07, 6.45) is 7.55. The van der Waals surface area contributed by atoms with Crippen LogP contribution in [-0.4, -0.2) is 17.4 Å². The highest BCUT2D eigenvalue weighted by Crippen LogP contribution is 2.31. The molecule has 0 saturated carbocycles. The van der Waals surface area contributed by atoms with E-state index in [0.29, 0.717) is 5.71 Å². The van der Waals surface area contributed by atoms with Crippen molar-refractivity contribution in [2.45, 2.75) is 13.8 Å². The van der Waals surface area contributed by atoms with Gasteiger partial charge in [-0.05, 0) is 78.1 Å². The Morgan fingerprint density at radius 3 is 1.96 bits per heavy atom. The van der Waals surface area contributed by atoms with E-state index in [0.717, 1.165) is 39.2 Å². The molecular formula is C22H26ClN3O. The summed E-state index contributed by atoms with van der Waals surface area (Å²) in [6, 6.07) is 13.9. The number of anilines is 2. The van der Waals surface area contributed by atoms with Crippen LogP contribution in [0.5, 0.6) is 0 Å².